The highest BCUT2D eigenvalue weighted by atomic mass is 32.1. The summed E-state index contributed by atoms with van der Waals surface area (Å²) < 4.78 is 5.31. The lowest BCUT2D eigenvalue weighted by molar-refractivity contribution is 0.0500. The molecule has 0 spiro atoms. The maximum atomic E-state index is 12.4. The van der Waals surface area contributed by atoms with E-state index in [4.69, 9.17) is 15.1 Å². The molecule has 0 saturated heterocycles. The van der Waals surface area contributed by atoms with Crippen LogP contribution >= 0.6 is 11.3 Å². The zero-order chi connectivity index (χ0) is 23.5. The molecule has 0 bridgehead atoms. The van der Waals surface area contributed by atoms with Gasteiger partial charge in [0.05, 0.1) is 30.0 Å². The minimum atomic E-state index is -0.383. The number of unbranched alkanes of at least 4 members (excludes halogenated alkanes) is 1. The van der Waals surface area contributed by atoms with Crippen molar-refractivity contribution in [2.75, 3.05) is 18.1 Å². The lowest BCUT2D eigenvalue weighted by atomic mass is 10.1. The topological polar surface area (TPSA) is 86.5 Å². The number of esters is 1. The molecule has 0 aliphatic carbocycles. The number of aryl methyl sites for hydroxylation is 2. The van der Waals surface area contributed by atoms with E-state index in [1.165, 1.54) is 16.9 Å². The van der Waals surface area contributed by atoms with Gasteiger partial charge in [0, 0.05) is 16.1 Å². The lowest BCUT2D eigenvalue weighted by Crippen LogP contribution is -2.26. The van der Waals surface area contributed by atoms with E-state index in [2.05, 4.69) is 0 Å². The van der Waals surface area contributed by atoms with Gasteiger partial charge in [-0.15, -0.1) is 11.3 Å². The Labute approximate surface area is 197 Å². The number of hydrogen-bond donors (Lipinski definition) is 2. The van der Waals surface area contributed by atoms with Crippen LogP contribution in [0.15, 0.2) is 54.3 Å². The number of aliphatic hydroxyl groups excluding tert-OH is 1. The largest absolute Gasteiger partial charge is 0.510 e. The number of thiazole rings is 1. The Hall–Kier alpha value is -3.45. The number of nitrogens with zero attached hydrogens (tertiary/aromatic N) is 2. The van der Waals surface area contributed by atoms with Gasteiger partial charge < -0.3 is 14.7 Å². The standard InChI is InChI=1S/C26H27N3O3S/c1-4-5-13-32-26(31)19-7-6-8-20(14-19)29-15-21(30)22(24(29)27)25-28-23(17(3)33-25)18-11-9-16(2)10-12-18/h6-12,14,27,30H,4-5,13,15H2,1-3H3. The van der Waals surface area contributed by atoms with Crippen LogP contribution in [0.3, 0.4) is 0 Å². The fraction of sp³-hybridized carbons (Fsp3) is 0.269. The predicted molar refractivity (Wildman–Crippen MR) is 133 cm³/mol. The normalized spacial score (nSPS) is 13.7. The lowest BCUT2D eigenvalue weighted by Gasteiger charge is -2.19. The zero-order valence-corrected chi connectivity index (χ0v) is 19.8. The number of carbonyl (C=O) groups is 1. The van der Waals surface area contributed by atoms with Crippen LogP contribution in [0.1, 0.15) is 45.6 Å². The molecule has 0 amide bonds. The summed E-state index contributed by atoms with van der Waals surface area (Å²) in [6.45, 7) is 6.62. The van der Waals surface area contributed by atoms with Crippen LogP contribution in [0.5, 0.6) is 0 Å². The SMILES string of the molecule is CCCCOC(=O)c1cccc(N2CC(O)=C(c3nc(-c4ccc(C)cc4)c(C)s3)C2=N)c1. The first-order chi connectivity index (χ1) is 15.9. The van der Waals surface area contributed by atoms with Crippen LogP contribution in [0.25, 0.3) is 16.8 Å². The maximum Gasteiger partial charge on any atom is 0.338 e. The van der Waals surface area contributed by atoms with Gasteiger partial charge in [-0.3, -0.25) is 5.41 Å². The number of anilines is 1. The molecule has 0 atom stereocenters. The molecule has 2 N–H and O–H groups in total. The Balaban J connectivity index is 1.57. The van der Waals surface area contributed by atoms with Crippen molar-refractivity contribution in [2.24, 2.45) is 0 Å². The van der Waals surface area contributed by atoms with Crippen molar-refractivity contribution in [3.8, 4) is 11.3 Å². The van der Waals surface area contributed by atoms with E-state index in [-0.39, 0.29) is 24.1 Å². The van der Waals surface area contributed by atoms with Crippen molar-refractivity contribution in [1.29, 1.82) is 5.41 Å². The molecule has 0 fully saturated rings. The van der Waals surface area contributed by atoms with Crippen LogP contribution in [0, 0.1) is 19.3 Å². The monoisotopic (exact) mass is 461 g/mol. The molecule has 1 aliphatic rings. The molecular weight excluding hydrogens is 434 g/mol. The first-order valence-corrected chi connectivity index (χ1v) is 11.8. The van der Waals surface area contributed by atoms with Crippen LogP contribution in [-0.4, -0.2) is 35.0 Å². The van der Waals surface area contributed by atoms with Crippen molar-refractivity contribution in [3.05, 3.63) is 75.3 Å². The van der Waals surface area contributed by atoms with Gasteiger partial charge >= 0.3 is 5.97 Å². The van der Waals surface area contributed by atoms with Crippen molar-refractivity contribution >= 4 is 34.4 Å². The summed E-state index contributed by atoms with van der Waals surface area (Å²) >= 11 is 1.46. The molecule has 2 aromatic carbocycles. The summed E-state index contributed by atoms with van der Waals surface area (Å²) in [5.74, 6) is -0.125. The average molecular weight is 462 g/mol. The van der Waals surface area contributed by atoms with E-state index in [9.17, 15) is 9.90 Å². The molecule has 0 saturated carbocycles. The molecule has 7 heteroatoms. The first-order valence-electron chi connectivity index (χ1n) is 11.0. The number of nitrogens with one attached hydrogen (secondary N) is 1. The van der Waals surface area contributed by atoms with Crippen LogP contribution in [0.4, 0.5) is 5.69 Å². The van der Waals surface area contributed by atoms with Gasteiger partial charge in [0.1, 0.15) is 16.6 Å². The second-order valence-electron chi connectivity index (χ2n) is 8.09. The highest BCUT2D eigenvalue weighted by molar-refractivity contribution is 7.13. The Bertz CT molecular complexity index is 1230. The highest BCUT2D eigenvalue weighted by Crippen LogP contribution is 2.37. The number of carbonyl (C=O) groups excluding carboxylic acids is 1. The maximum absolute atomic E-state index is 12.4. The van der Waals surface area contributed by atoms with E-state index in [1.807, 2.05) is 51.1 Å². The molecule has 2 heterocycles. The number of aliphatic hydroxyl groups is 1. The fourth-order valence-corrected chi connectivity index (χ4v) is 4.70. The molecule has 0 radical (unpaired) electrons. The Morgan fingerprint density at radius 1 is 1.21 bits per heavy atom. The molecule has 170 valence electrons. The third kappa shape index (κ3) is 4.68. The van der Waals surface area contributed by atoms with Gasteiger partial charge in [0.25, 0.3) is 0 Å². The van der Waals surface area contributed by atoms with Crippen molar-refractivity contribution in [3.63, 3.8) is 0 Å². The van der Waals surface area contributed by atoms with Crippen molar-refractivity contribution in [1.82, 2.24) is 4.98 Å². The van der Waals surface area contributed by atoms with Crippen LogP contribution in [0.2, 0.25) is 0 Å². The third-order valence-electron chi connectivity index (χ3n) is 5.56. The summed E-state index contributed by atoms with van der Waals surface area (Å²) in [6.07, 6.45) is 1.77. The summed E-state index contributed by atoms with van der Waals surface area (Å²) in [4.78, 5) is 19.8. The summed E-state index contributed by atoms with van der Waals surface area (Å²) in [5.41, 5.74) is 4.55. The van der Waals surface area contributed by atoms with E-state index in [1.54, 1.807) is 23.1 Å². The second-order valence-corrected chi connectivity index (χ2v) is 9.29. The van der Waals surface area contributed by atoms with Gasteiger partial charge in [0.15, 0.2) is 0 Å². The summed E-state index contributed by atoms with van der Waals surface area (Å²) in [7, 11) is 0. The number of rotatable bonds is 7. The van der Waals surface area contributed by atoms with Gasteiger partial charge in [-0.25, -0.2) is 9.78 Å². The van der Waals surface area contributed by atoms with Crippen molar-refractivity contribution < 1.29 is 14.6 Å². The third-order valence-corrected chi connectivity index (χ3v) is 6.55. The quantitative estimate of drug-likeness (QED) is 0.325. The molecular formula is C26H27N3O3S. The molecule has 1 aromatic heterocycles. The molecule has 0 unspecified atom stereocenters. The molecule has 3 aromatic rings. The number of aromatic nitrogens is 1. The molecule has 33 heavy (non-hydrogen) atoms. The smallest absolute Gasteiger partial charge is 0.338 e. The number of benzene rings is 2. The molecule has 4 rings (SSSR count). The number of ether oxygens (including phenoxy) is 1. The Kier molecular flexibility index (Phi) is 6.60. The molecule has 6 nitrogen and oxygen atoms in total. The van der Waals surface area contributed by atoms with E-state index in [0.717, 1.165) is 29.0 Å². The van der Waals surface area contributed by atoms with Crippen LogP contribution < -0.4 is 4.90 Å². The number of amidine groups is 1. The van der Waals surface area contributed by atoms with Gasteiger partial charge in [-0.2, -0.15) is 0 Å². The highest BCUT2D eigenvalue weighted by Gasteiger charge is 2.32. The van der Waals surface area contributed by atoms with E-state index < -0.39 is 0 Å². The fourth-order valence-electron chi connectivity index (χ4n) is 3.70. The minimum absolute atomic E-state index is 0.0973. The van der Waals surface area contributed by atoms with E-state index in [0.29, 0.717) is 28.4 Å². The van der Waals surface area contributed by atoms with Crippen LogP contribution in [-0.2, 0) is 4.74 Å². The van der Waals surface area contributed by atoms with Gasteiger partial charge in [-0.05, 0) is 38.5 Å². The summed E-state index contributed by atoms with van der Waals surface area (Å²) in [6, 6.07) is 15.1. The minimum Gasteiger partial charge on any atom is -0.510 e. The van der Waals surface area contributed by atoms with Gasteiger partial charge in [0.2, 0.25) is 0 Å². The second kappa shape index (κ2) is 9.58. The van der Waals surface area contributed by atoms with Crippen molar-refractivity contribution in [2.45, 2.75) is 33.6 Å². The molecule has 1 aliphatic heterocycles. The average Bonchev–Trinajstić information content (AvgIpc) is 3.33. The summed E-state index contributed by atoms with van der Waals surface area (Å²) in [5, 5.41) is 20.1. The number of hydrogen-bond acceptors (Lipinski definition) is 6. The van der Waals surface area contributed by atoms with E-state index >= 15 is 0 Å². The Morgan fingerprint density at radius 2 is 1.97 bits per heavy atom. The zero-order valence-electron chi connectivity index (χ0n) is 19.0. The predicted octanol–water partition coefficient (Wildman–Crippen LogP) is 6.15. The van der Waals surface area contributed by atoms with Gasteiger partial charge in [-0.1, -0.05) is 49.2 Å². The Morgan fingerprint density at radius 3 is 2.70 bits per heavy atom. The first kappa shape index (κ1) is 22.7.